The van der Waals surface area contributed by atoms with Gasteiger partial charge >= 0.3 is 0 Å². The van der Waals surface area contributed by atoms with E-state index in [0.29, 0.717) is 17.5 Å². The number of nitrogens with zero attached hydrogens (tertiary/aromatic N) is 4. The number of fused-ring (bicyclic) bond motifs is 1. The molecule has 0 bridgehead atoms. The number of hydrogen-bond donors (Lipinski definition) is 0. The highest BCUT2D eigenvalue weighted by Gasteiger charge is 2.24. The molecule has 0 N–H and O–H groups in total. The van der Waals surface area contributed by atoms with E-state index in [1.54, 1.807) is 18.0 Å². The van der Waals surface area contributed by atoms with E-state index in [2.05, 4.69) is 16.3 Å². The number of furan rings is 1. The summed E-state index contributed by atoms with van der Waals surface area (Å²) in [7, 11) is 0. The van der Waals surface area contributed by atoms with Gasteiger partial charge < -0.3 is 9.32 Å². The SMILES string of the molecule is Cc1occc1-c1nnc(SCC(=O)N2CCSc3ccccc32)n1-c1ccccc1. The predicted octanol–water partition coefficient (Wildman–Crippen LogP) is 5.07. The van der Waals surface area contributed by atoms with Crippen LogP contribution in [0.3, 0.4) is 0 Å². The molecule has 1 amide bonds. The van der Waals surface area contributed by atoms with E-state index in [-0.39, 0.29) is 11.7 Å². The summed E-state index contributed by atoms with van der Waals surface area (Å²) in [5.74, 6) is 2.74. The summed E-state index contributed by atoms with van der Waals surface area (Å²) < 4.78 is 7.46. The van der Waals surface area contributed by atoms with E-state index in [0.717, 1.165) is 33.3 Å². The van der Waals surface area contributed by atoms with Crippen molar-refractivity contribution in [3.8, 4) is 17.1 Å². The summed E-state index contributed by atoms with van der Waals surface area (Å²) in [4.78, 5) is 16.1. The van der Waals surface area contributed by atoms with Crippen molar-refractivity contribution >= 4 is 35.1 Å². The van der Waals surface area contributed by atoms with Crippen molar-refractivity contribution in [2.24, 2.45) is 0 Å². The summed E-state index contributed by atoms with van der Waals surface area (Å²) in [6.07, 6.45) is 1.65. The van der Waals surface area contributed by atoms with E-state index < -0.39 is 0 Å². The average molecular weight is 449 g/mol. The second-order valence-electron chi connectivity index (χ2n) is 7.02. The number of hydrogen-bond acceptors (Lipinski definition) is 6. The molecule has 4 aromatic rings. The monoisotopic (exact) mass is 448 g/mol. The molecule has 0 saturated heterocycles. The fourth-order valence-corrected chi connectivity index (χ4v) is 5.42. The van der Waals surface area contributed by atoms with Gasteiger partial charge in [-0.05, 0) is 37.3 Å². The van der Waals surface area contributed by atoms with Crippen LogP contribution in [0.5, 0.6) is 0 Å². The third-order valence-corrected chi connectivity index (χ3v) is 7.06. The molecule has 1 aliphatic heterocycles. The zero-order valence-corrected chi connectivity index (χ0v) is 18.5. The Bertz CT molecular complexity index is 1220. The molecule has 2 aromatic carbocycles. The second kappa shape index (κ2) is 8.64. The molecule has 0 spiro atoms. The molecule has 8 heteroatoms. The Kier molecular flexibility index (Phi) is 5.57. The van der Waals surface area contributed by atoms with Crippen LogP contribution in [0, 0.1) is 6.92 Å². The van der Waals surface area contributed by atoms with Crippen molar-refractivity contribution in [3.05, 3.63) is 72.7 Å². The van der Waals surface area contributed by atoms with Crippen LogP contribution in [0.1, 0.15) is 5.76 Å². The summed E-state index contributed by atoms with van der Waals surface area (Å²) in [5.41, 5.74) is 2.82. The second-order valence-corrected chi connectivity index (χ2v) is 9.10. The molecule has 5 rings (SSSR count). The van der Waals surface area contributed by atoms with Gasteiger partial charge in [-0.1, -0.05) is 42.1 Å². The van der Waals surface area contributed by atoms with Crippen LogP contribution < -0.4 is 4.90 Å². The lowest BCUT2D eigenvalue weighted by Gasteiger charge is -2.28. The minimum atomic E-state index is 0.0707. The quantitative estimate of drug-likeness (QED) is 0.397. The highest BCUT2D eigenvalue weighted by molar-refractivity contribution is 8.00. The van der Waals surface area contributed by atoms with Crippen LogP contribution in [0.25, 0.3) is 17.1 Å². The number of para-hydroxylation sites is 2. The van der Waals surface area contributed by atoms with Crippen molar-refractivity contribution in [2.75, 3.05) is 23.0 Å². The van der Waals surface area contributed by atoms with Gasteiger partial charge in [-0.2, -0.15) is 0 Å². The number of carbonyl (C=O) groups excluding carboxylic acids is 1. The number of rotatable bonds is 5. The highest BCUT2D eigenvalue weighted by Crippen LogP contribution is 2.35. The molecule has 0 aliphatic carbocycles. The molecule has 0 radical (unpaired) electrons. The van der Waals surface area contributed by atoms with Crippen LogP contribution in [0.2, 0.25) is 0 Å². The zero-order valence-electron chi connectivity index (χ0n) is 16.9. The highest BCUT2D eigenvalue weighted by atomic mass is 32.2. The normalized spacial score (nSPS) is 13.3. The largest absolute Gasteiger partial charge is 0.469 e. The van der Waals surface area contributed by atoms with E-state index in [9.17, 15) is 4.79 Å². The van der Waals surface area contributed by atoms with Crippen LogP contribution in [0.4, 0.5) is 5.69 Å². The molecule has 6 nitrogen and oxygen atoms in total. The summed E-state index contributed by atoms with van der Waals surface area (Å²) in [6, 6.07) is 19.9. The number of thioether (sulfide) groups is 2. The molecule has 156 valence electrons. The van der Waals surface area contributed by atoms with Gasteiger partial charge in [0.15, 0.2) is 11.0 Å². The molecular weight excluding hydrogens is 428 g/mol. The Hall–Kier alpha value is -2.97. The first-order valence-electron chi connectivity index (χ1n) is 9.92. The Morgan fingerprint density at radius 1 is 1.10 bits per heavy atom. The molecule has 1 aliphatic rings. The Balaban J connectivity index is 1.43. The van der Waals surface area contributed by atoms with E-state index in [4.69, 9.17) is 4.42 Å². The van der Waals surface area contributed by atoms with Gasteiger partial charge in [-0.25, -0.2) is 0 Å². The molecule has 0 atom stereocenters. The van der Waals surface area contributed by atoms with Crippen LogP contribution in [0.15, 0.2) is 81.4 Å². The Morgan fingerprint density at radius 3 is 2.71 bits per heavy atom. The Morgan fingerprint density at radius 2 is 1.90 bits per heavy atom. The standard InChI is InChI=1S/C23H20N4O2S2/c1-16-18(11-13-29-16)22-24-25-23(27(22)17-7-3-2-4-8-17)31-15-21(28)26-12-14-30-20-10-6-5-9-19(20)26/h2-11,13H,12,14-15H2,1H3. The van der Waals surface area contributed by atoms with Crippen LogP contribution in [-0.2, 0) is 4.79 Å². The molecule has 0 saturated carbocycles. The molecule has 31 heavy (non-hydrogen) atoms. The minimum absolute atomic E-state index is 0.0707. The first kappa shape index (κ1) is 20.0. The van der Waals surface area contributed by atoms with Crippen LogP contribution in [-0.4, -0.2) is 38.7 Å². The van der Waals surface area contributed by atoms with Gasteiger partial charge in [0.25, 0.3) is 0 Å². The van der Waals surface area contributed by atoms with Gasteiger partial charge in [0.2, 0.25) is 5.91 Å². The lowest BCUT2D eigenvalue weighted by atomic mass is 10.2. The van der Waals surface area contributed by atoms with E-state index in [1.807, 2.05) is 71.0 Å². The number of aromatic nitrogens is 3. The maximum atomic E-state index is 13.1. The lowest BCUT2D eigenvalue weighted by Crippen LogP contribution is -2.36. The van der Waals surface area contributed by atoms with Gasteiger partial charge in [0.1, 0.15) is 5.76 Å². The minimum Gasteiger partial charge on any atom is -0.469 e. The number of aryl methyl sites for hydroxylation is 1. The van der Waals surface area contributed by atoms with Gasteiger partial charge in [-0.3, -0.25) is 9.36 Å². The average Bonchev–Trinajstić information content (AvgIpc) is 3.43. The molecular formula is C23H20N4O2S2. The van der Waals surface area contributed by atoms with Gasteiger partial charge in [0.05, 0.1) is 23.3 Å². The first-order valence-corrected chi connectivity index (χ1v) is 11.9. The molecule has 3 heterocycles. The number of amides is 1. The maximum absolute atomic E-state index is 13.1. The molecule has 0 fully saturated rings. The summed E-state index contributed by atoms with van der Waals surface area (Å²) in [6.45, 7) is 2.62. The van der Waals surface area contributed by atoms with Crippen LogP contribution >= 0.6 is 23.5 Å². The lowest BCUT2D eigenvalue weighted by molar-refractivity contribution is -0.116. The maximum Gasteiger partial charge on any atom is 0.237 e. The number of benzene rings is 2. The smallest absolute Gasteiger partial charge is 0.237 e. The van der Waals surface area contributed by atoms with Crippen molar-refractivity contribution in [1.82, 2.24) is 14.8 Å². The third-order valence-electron chi connectivity index (χ3n) is 5.10. The van der Waals surface area contributed by atoms with Gasteiger partial charge in [-0.15, -0.1) is 22.0 Å². The topological polar surface area (TPSA) is 64.2 Å². The molecule has 2 aromatic heterocycles. The number of anilines is 1. The fraction of sp³-hybridized carbons (Fsp3) is 0.174. The Labute approximate surface area is 188 Å². The van der Waals surface area contributed by atoms with Gasteiger partial charge in [0, 0.05) is 22.9 Å². The third kappa shape index (κ3) is 3.88. The number of carbonyl (C=O) groups is 1. The summed E-state index contributed by atoms with van der Waals surface area (Å²) in [5, 5.41) is 9.51. The van der Waals surface area contributed by atoms with Crippen molar-refractivity contribution in [3.63, 3.8) is 0 Å². The predicted molar refractivity (Wildman–Crippen MR) is 124 cm³/mol. The van der Waals surface area contributed by atoms with E-state index >= 15 is 0 Å². The zero-order chi connectivity index (χ0) is 21.2. The van der Waals surface area contributed by atoms with Crippen molar-refractivity contribution in [2.45, 2.75) is 17.0 Å². The fourth-order valence-electron chi connectivity index (χ4n) is 3.60. The van der Waals surface area contributed by atoms with Crippen molar-refractivity contribution < 1.29 is 9.21 Å². The summed E-state index contributed by atoms with van der Waals surface area (Å²) >= 11 is 3.19. The van der Waals surface area contributed by atoms with Crippen molar-refractivity contribution in [1.29, 1.82) is 0 Å². The van der Waals surface area contributed by atoms with E-state index in [1.165, 1.54) is 11.8 Å². The first-order chi connectivity index (χ1) is 15.2. The molecule has 0 unspecified atom stereocenters.